The zero-order chi connectivity index (χ0) is 28.0. The molecule has 0 saturated carbocycles. The van der Waals surface area contributed by atoms with Gasteiger partial charge in [0.15, 0.2) is 0 Å². The van der Waals surface area contributed by atoms with Crippen molar-refractivity contribution in [2.75, 3.05) is 36.6 Å². The lowest BCUT2D eigenvalue weighted by molar-refractivity contribution is -0.141. The van der Waals surface area contributed by atoms with Crippen LogP contribution in [0.5, 0.6) is 5.75 Å². The fourth-order valence-electron chi connectivity index (χ4n) is 6.72. The molecule has 208 valence electrons. The summed E-state index contributed by atoms with van der Waals surface area (Å²) in [6.45, 7) is 2.40. The fraction of sp³-hybridized carbons (Fsp3) is 0.387. The number of anilines is 2. The van der Waals surface area contributed by atoms with Crippen LogP contribution in [0.3, 0.4) is 0 Å². The largest absolute Gasteiger partial charge is 0.497 e. The van der Waals surface area contributed by atoms with Gasteiger partial charge in [-0.3, -0.25) is 14.4 Å². The number of likely N-dealkylation sites (tertiary alicyclic amines) is 1. The van der Waals surface area contributed by atoms with Crippen molar-refractivity contribution in [3.63, 3.8) is 0 Å². The Balaban J connectivity index is 1.45. The van der Waals surface area contributed by atoms with Crippen molar-refractivity contribution in [2.45, 2.75) is 35.4 Å². The Labute approximate surface area is 238 Å². The van der Waals surface area contributed by atoms with Gasteiger partial charge in [0.25, 0.3) is 5.91 Å². The molecule has 4 aliphatic heterocycles. The lowest BCUT2D eigenvalue weighted by atomic mass is 9.78. The average molecular weight is 560 g/mol. The summed E-state index contributed by atoms with van der Waals surface area (Å²) in [6.07, 6.45) is 8.47. The van der Waals surface area contributed by atoms with Gasteiger partial charge >= 0.3 is 0 Å². The Morgan fingerprint density at radius 1 is 0.950 bits per heavy atom. The molecule has 6 atom stereocenters. The van der Waals surface area contributed by atoms with Crippen LogP contribution in [0.1, 0.15) is 13.3 Å². The van der Waals surface area contributed by atoms with Gasteiger partial charge in [-0.2, -0.15) is 0 Å². The van der Waals surface area contributed by atoms with Crippen LogP contribution in [0, 0.1) is 11.8 Å². The molecule has 40 heavy (non-hydrogen) atoms. The molecular weight excluding hydrogens is 526 g/mol. The maximum Gasteiger partial charge on any atom is 0.251 e. The van der Waals surface area contributed by atoms with Crippen molar-refractivity contribution in [1.29, 1.82) is 0 Å². The monoisotopic (exact) mass is 559 g/mol. The number of carbonyl (C=O) groups is 3. The second-order valence-corrected chi connectivity index (χ2v) is 12.1. The summed E-state index contributed by atoms with van der Waals surface area (Å²) in [5, 5.41) is 10.1. The maximum atomic E-state index is 14.5. The minimum atomic E-state index is -0.937. The van der Waals surface area contributed by atoms with Gasteiger partial charge < -0.3 is 24.5 Å². The van der Waals surface area contributed by atoms with Crippen LogP contribution in [0.25, 0.3) is 0 Å². The molecule has 6 rings (SSSR count). The zero-order valence-electron chi connectivity index (χ0n) is 22.6. The number of ether oxygens (including phenoxy) is 1. The van der Waals surface area contributed by atoms with Crippen LogP contribution >= 0.6 is 11.8 Å². The van der Waals surface area contributed by atoms with Crippen molar-refractivity contribution < 1.29 is 24.2 Å². The van der Waals surface area contributed by atoms with E-state index in [1.54, 1.807) is 45.7 Å². The van der Waals surface area contributed by atoms with E-state index in [0.29, 0.717) is 30.9 Å². The van der Waals surface area contributed by atoms with Gasteiger partial charge in [0.05, 0.1) is 36.3 Å². The highest BCUT2D eigenvalue weighted by Crippen LogP contribution is 2.61. The second-order valence-electron chi connectivity index (χ2n) is 10.6. The molecule has 1 spiro atoms. The molecule has 4 heterocycles. The number of nitrogens with zero attached hydrogens (tertiary/aromatic N) is 3. The number of fused-ring (bicyclic) bond motifs is 2. The summed E-state index contributed by atoms with van der Waals surface area (Å²) >= 11 is 1.54. The standard InChI is InChI=1S/C31H33N3O5S/c1-3-20(19-35)34-27-30(38)33(22-12-14-23(39-2)15-13-22)18-8-16-31(27)26(29(34)37)25-24(40-31)11-7-17-32(28(25)36)21-9-5-4-6-10-21/h4-16,20,24-27,35H,3,17-19H2,1-2H3/t20-,24-,25+,26-,27?,31-/m0/s1. The minimum Gasteiger partial charge on any atom is -0.497 e. The molecule has 2 saturated heterocycles. The molecule has 1 N–H and O–H groups in total. The topological polar surface area (TPSA) is 90.4 Å². The van der Waals surface area contributed by atoms with Crippen LogP contribution in [0.2, 0.25) is 0 Å². The molecule has 2 aromatic rings. The first-order valence-electron chi connectivity index (χ1n) is 13.7. The van der Waals surface area contributed by atoms with E-state index < -0.39 is 28.7 Å². The van der Waals surface area contributed by atoms with E-state index in [-0.39, 0.29) is 29.6 Å². The third-order valence-electron chi connectivity index (χ3n) is 8.62. The van der Waals surface area contributed by atoms with Gasteiger partial charge in [-0.15, -0.1) is 11.8 Å². The van der Waals surface area contributed by atoms with Gasteiger partial charge in [0, 0.05) is 29.7 Å². The summed E-state index contributed by atoms with van der Waals surface area (Å²) in [5.41, 5.74) is 1.48. The van der Waals surface area contributed by atoms with Crippen molar-refractivity contribution in [3.8, 4) is 5.75 Å². The molecule has 3 amide bonds. The zero-order valence-corrected chi connectivity index (χ0v) is 23.4. The number of amides is 3. The minimum absolute atomic E-state index is 0.112. The van der Waals surface area contributed by atoms with E-state index in [9.17, 15) is 19.5 Å². The van der Waals surface area contributed by atoms with E-state index in [0.717, 1.165) is 5.69 Å². The van der Waals surface area contributed by atoms with Crippen molar-refractivity contribution in [3.05, 3.63) is 78.9 Å². The average Bonchev–Trinajstić information content (AvgIpc) is 3.30. The molecule has 1 unspecified atom stereocenters. The molecule has 0 bridgehead atoms. The van der Waals surface area contributed by atoms with Crippen LogP contribution < -0.4 is 14.5 Å². The Morgan fingerprint density at radius 3 is 2.30 bits per heavy atom. The van der Waals surface area contributed by atoms with Gasteiger partial charge in [-0.25, -0.2) is 0 Å². The lowest BCUT2D eigenvalue weighted by Gasteiger charge is -2.38. The molecule has 0 radical (unpaired) electrons. The quantitative estimate of drug-likeness (QED) is 0.547. The SMILES string of the molecule is CC[C@@H](CO)N1C(=O)[C@@H]2[C@@H]3C(=O)N(c4ccccc4)CC=C[C@@H]3S[C@@]23C=CCN(c2ccc(OC)cc2)C(=O)C13. The highest BCUT2D eigenvalue weighted by molar-refractivity contribution is 8.02. The number of aliphatic hydroxyl groups excluding tert-OH is 1. The second kappa shape index (κ2) is 10.4. The summed E-state index contributed by atoms with van der Waals surface area (Å²) < 4.78 is 4.36. The van der Waals surface area contributed by atoms with Crippen molar-refractivity contribution in [2.24, 2.45) is 11.8 Å². The molecule has 4 aliphatic rings. The first-order valence-corrected chi connectivity index (χ1v) is 14.6. The Kier molecular flexibility index (Phi) is 6.96. The lowest BCUT2D eigenvalue weighted by Crippen LogP contribution is -2.56. The first kappa shape index (κ1) is 26.7. The van der Waals surface area contributed by atoms with Crippen LogP contribution in [0.15, 0.2) is 78.9 Å². The normalized spacial score (nSPS) is 30.1. The van der Waals surface area contributed by atoms with E-state index >= 15 is 0 Å². The van der Waals surface area contributed by atoms with Crippen molar-refractivity contribution >= 4 is 40.9 Å². The molecule has 0 aromatic heterocycles. The Bertz CT molecular complexity index is 1360. The number of benzene rings is 2. The number of hydrogen-bond donors (Lipinski definition) is 1. The molecule has 9 heteroatoms. The van der Waals surface area contributed by atoms with Crippen LogP contribution in [-0.4, -0.2) is 76.6 Å². The highest BCUT2D eigenvalue weighted by atomic mass is 32.2. The van der Waals surface area contributed by atoms with E-state index in [1.165, 1.54) is 0 Å². The third-order valence-corrected chi connectivity index (χ3v) is 10.4. The third kappa shape index (κ3) is 3.97. The Hall–Kier alpha value is -3.56. The molecule has 8 nitrogen and oxygen atoms in total. The maximum absolute atomic E-state index is 14.5. The van der Waals surface area contributed by atoms with E-state index in [2.05, 4.69) is 0 Å². The number of hydrogen-bond acceptors (Lipinski definition) is 6. The van der Waals surface area contributed by atoms with E-state index in [1.807, 2.05) is 73.7 Å². The molecular formula is C31H33N3O5S. The van der Waals surface area contributed by atoms with E-state index in [4.69, 9.17) is 4.74 Å². The number of para-hydroxylation sites is 1. The summed E-state index contributed by atoms with van der Waals surface area (Å²) in [5.74, 6) is -1.24. The number of carbonyl (C=O) groups excluding carboxylic acids is 3. The number of methoxy groups -OCH3 is 1. The molecule has 2 fully saturated rings. The van der Waals surface area contributed by atoms with Gasteiger partial charge in [0.2, 0.25) is 11.8 Å². The first-order chi connectivity index (χ1) is 19.4. The predicted octanol–water partition coefficient (Wildman–Crippen LogP) is 3.27. The van der Waals surface area contributed by atoms with Crippen molar-refractivity contribution in [1.82, 2.24) is 4.90 Å². The predicted molar refractivity (Wildman–Crippen MR) is 155 cm³/mol. The van der Waals surface area contributed by atoms with Gasteiger partial charge in [0.1, 0.15) is 11.8 Å². The number of aliphatic hydroxyl groups is 1. The molecule has 0 aliphatic carbocycles. The van der Waals surface area contributed by atoms with Gasteiger partial charge in [-0.05, 0) is 42.8 Å². The highest BCUT2D eigenvalue weighted by Gasteiger charge is 2.71. The molecule has 2 aromatic carbocycles. The summed E-state index contributed by atoms with van der Waals surface area (Å²) in [4.78, 5) is 48.2. The van der Waals surface area contributed by atoms with Gasteiger partial charge in [-0.1, -0.05) is 49.4 Å². The van der Waals surface area contributed by atoms with Crippen LogP contribution in [-0.2, 0) is 14.4 Å². The summed E-state index contributed by atoms with van der Waals surface area (Å²) in [7, 11) is 1.59. The summed E-state index contributed by atoms with van der Waals surface area (Å²) in [6, 6.07) is 15.4. The number of rotatable bonds is 6. The Morgan fingerprint density at radius 2 is 1.62 bits per heavy atom. The fourth-order valence-corrected chi connectivity index (χ4v) is 8.71. The van der Waals surface area contributed by atoms with Crippen LogP contribution in [0.4, 0.5) is 11.4 Å². The number of thioether (sulfide) groups is 1. The smallest absolute Gasteiger partial charge is 0.251 e.